The molecule has 3 aromatic rings. The van der Waals surface area contributed by atoms with E-state index < -0.39 is 0 Å². The smallest absolute Gasteiger partial charge is 0.256 e. The Morgan fingerprint density at radius 1 is 1.14 bits per heavy atom. The molecule has 0 spiro atoms. The van der Waals surface area contributed by atoms with E-state index in [4.69, 9.17) is 0 Å². The molecule has 22 heavy (non-hydrogen) atoms. The molecule has 0 saturated carbocycles. The van der Waals surface area contributed by atoms with E-state index in [0.29, 0.717) is 12.1 Å². The number of pyridine rings is 1. The summed E-state index contributed by atoms with van der Waals surface area (Å²) in [5.74, 6) is -0.0463. The van der Waals surface area contributed by atoms with Gasteiger partial charge in [0.25, 0.3) is 5.91 Å². The summed E-state index contributed by atoms with van der Waals surface area (Å²) in [5, 5.41) is 4.21. The van der Waals surface area contributed by atoms with Crippen LogP contribution < -0.4 is 0 Å². The quantitative estimate of drug-likeness (QED) is 0.742. The van der Waals surface area contributed by atoms with Gasteiger partial charge in [-0.2, -0.15) is 5.10 Å². The standard InChI is InChI=1S/C17H16N4O/c1-20(13-14-6-4-9-18-12-14)17(22)15-7-2-3-8-16(15)21-11-5-10-19-21/h2-12H,13H2,1H3. The Hall–Kier alpha value is -2.95. The highest BCUT2D eigenvalue weighted by atomic mass is 16.2. The predicted molar refractivity (Wildman–Crippen MR) is 83.6 cm³/mol. The maximum Gasteiger partial charge on any atom is 0.256 e. The fourth-order valence-corrected chi connectivity index (χ4v) is 2.31. The van der Waals surface area contributed by atoms with Gasteiger partial charge in [0, 0.05) is 38.4 Å². The molecule has 0 aliphatic rings. The normalized spacial score (nSPS) is 10.4. The van der Waals surface area contributed by atoms with Gasteiger partial charge in [-0.15, -0.1) is 0 Å². The fourth-order valence-electron chi connectivity index (χ4n) is 2.31. The molecule has 0 aliphatic carbocycles. The number of para-hydroxylation sites is 1. The Balaban J connectivity index is 1.86. The summed E-state index contributed by atoms with van der Waals surface area (Å²) in [6, 6.07) is 13.1. The molecule has 0 atom stereocenters. The van der Waals surface area contributed by atoms with Gasteiger partial charge >= 0.3 is 0 Å². The third kappa shape index (κ3) is 2.88. The van der Waals surface area contributed by atoms with Crippen molar-refractivity contribution in [3.63, 3.8) is 0 Å². The Bertz CT molecular complexity index is 753. The summed E-state index contributed by atoms with van der Waals surface area (Å²) >= 11 is 0. The summed E-state index contributed by atoms with van der Waals surface area (Å²) in [4.78, 5) is 18.5. The second-order valence-corrected chi connectivity index (χ2v) is 4.99. The summed E-state index contributed by atoms with van der Waals surface area (Å²) in [6.45, 7) is 0.514. The number of carbonyl (C=O) groups excluding carboxylic acids is 1. The van der Waals surface area contributed by atoms with Crippen molar-refractivity contribution in [1.29, 1.82) is 0 Å². The maximum absolute atomic E-state index is 12.7. The van der Waals surface area contributed by atoms with Crippen LogP contribution in [0.1, 0.15) is 15.9 Å². The summed E-state index contributed by atoms with van der Waals surface area (Å²) in [5.41, 5.74) is 2.39. The van der Waals surface area contributed by atoms with Gasteiger partial charge < -0.3 is 4.90 Å². The minimum absolute atomic E-state index is 0.0463. The molecule has 110 valence electrons. The average Bonchev–Trinajstić information content (AvgIpc) is 3.09. The van der Waals surface area contributed by atoms with Gasteiger partial charge in [-0.3, -0.25) is 9.78 Å². The first-order chi connectivity index (χ1) is 10.8. The number of carbonyl (C=O) groups is 1. The SMILES string of the molecule is CN(Cc1cccnc1)C(=O)c1ccccc1-n1cccn1. The van der Waals surface area contributed by atoms with Crippen molar-refractivity contribution in [2.75, 3.05) is 7.05 Å². The lowest BCUT2D eigenvalue weighted by Crippen LogP contribution is -2.27. The van der Waals surface area contributed by atoms with E-state index in [1.807, 2.05) is 48.7 Å². The van der Waals surface area contributed by atoms with Crippen LogP contribution in [-0.2, 0) is 6.54 Å². The molecule has 0 radical (unpaired) electrons. The Kier molecular flexibility index (Phi) is 3.96. The predicted octanol–water partition coefficient (Wildman–Crippen LogP) is 2.54. The second kappa shape index (κ2) is 6.22. The Labute approximate surface area is 128 Å². The van der Waals surface area contributed by atoms with Crippen LogP contribution in [0.15, 0.2) is 67.3 Å². The summed E-state index contributed by atoms with van der Waals surface area (Å²) in [7, 11) is 1.79. The van der Waals surface area contributed by atoms with E-state index in [9.17, 15) is 4.79 Å². The van der Waals surface area contributed by atoms with Crippen LogP contribution in [0.3, 0.4) is 0 Å². The van der Waals surface area contributed by atoms with Crippen LogP contribution in [0, 0.1) is 0 Å². The zero-order valence-corrected chi connectivity index (χ0v) is 12.3. The number of amides is 1. The van der Waals surface area contributed by atoms with Crippen molar-refractivity contribution in [2.24, 2.45) is 0 Å². The van der Waals surface area contributed by atoms with Gasteiger partial charge in [-0.25, -0.2) is 4.68 Å². The molecular weight excluding hydrogens is 276 g/mol. The number of hydrogen-bond donors (Lipinski definition) is 0. The molecule has 0 bridgehead atoms. The molecule has 0 saturated heterocycles. The molecule has 0 fully saturated rings. The van der Waals surface area contributed by atoms with Crippen LogP contribution in [0.5, 0.6) is 0 Å². The van der Waals surface area contributed by atoms with E-state index in [-0.39, 0.29) is 5.91 Å². The minimum atomic E-state index is -0.0463. The van der Waals surface area contributed by atoms with E-state index in [1.54, 1.807) is 35.2 Å². The third-order valence-corrected chi connectivity index (χ3v) is 3.37. The molecule has 2 heterocycles. The van der Waals surface area contributed by atoms with Crippen LogP contribution >= 0.6 is 0 Å². The molecule has 0 unspecified atom stereocenters. The molecular formula is C17H16N4O. The lowest BCUT2D eigenvalue weighted by Gasteiger charge is -2.19. The first-order valence-electron chi connectivity index (χ1n) is 6.99. The van der Waals surface area contributed by atoms with Crippen molar-refractivity contribution in [1.82, 2.24) is 19.7 Å². The average molecular weight is 292 g/mol. The minimum Gasteiger partial charge on any atom is -0.337 e. The van der Waals surface area contributed by atoms with Gasteiger partial charge in [0.1, 0.15) is 0 Å². The van der Waals surface area contributed by atoms with Gasteiger partial charge in [-0.05, 0) is 29.8 Å². The lowest BCUT2D eigenvalue weighted by molar-refractivity contribution is 0.0785. The van der Waals surface area contributed by atoms with Crippen molar-refractivity contribution in [3.8, 4) is 5.69 Å². The Morgan fingerprint density at radius 3 is 2.73 bits per heavy atom. The first-order valence-corrected chi connectivity index (χ1v) is 6.99. The fraction of sp³-hybridized carbons (Fsp3) is 0.118. The lowest BCUT2D eigenvalue weighted by atomic mass is 10.1. The van der Waals surface area contributed by atoms with E-state index in [2.05, 4.69) is 10.1 Å². The van der Waals surface area contributed by atoms with Gasteiger partial charge in [-0.1, -0.05) is 18.2 Å². The molecule has 1 amide bonds. The number of hydrogen-bond acceptors (Lipinski definition) is 3. The van der Waals surface area contributed by atoms with Crippen molar-refractivity contribution in [2.45, 2.75) is 6.54 Å². The van der Waals surface area contributed by atoms with E-state index in [1.165, 1.54) is 0 Å². The van der Waals surface area contributed by atoms with Crippen molar-refractivity contribution in [3.05, 3.63) is 78.4 Å². The topological polar surface area (TPSA) is 51.0 Å². The zero-order chi connectivity index (χ0) is 15.4. The zero-order valence-electron chi connectivity index (χ0n) is 12.3. The van der Waals surface area contributed by atoms with Crippen LogP contribution in [0.2, 0.25) is 0 Å². The van der Waals surface area contributed by atoms with Gasteiger partial charge in [0.15, 0.2) is 0 Å². The largest absolute Gasteiger partial charge is 0.337 e. The molecule has 5 heteroatoms. The first kappa shape index (κ1) is 14.0. The highest BCUT2D eigenvalue weighted by molar-refractivity contribution is 5.97. The van der Waals surface area contributed by atoms with Crippen molar-refractivity contribution < 1.29 is 4.79 Å². The van der Waals surface area contributed by atoms with Crippen LogP contribution in [0.25, 0.3) is 5.69 Å². The number of benzene rings is 1. The van der Waals surface area contributed by atoms with Gasteiger partial charge in [0.2, 0.25) is 0 Å². The number of nitrogens with zero attached hydrogens (tertiary/aromatic N) is 4. The van der Waals surface area contributed by atoms with Crippen molar-refractivity contribution >= 4 is 5.91 Å². The molecule has 0 aliphatic heterocycles. The highest BCUT2D eigenvalue weighted by Gasteiger charge is 2.16. The third-order valence-electron chi connectivity index (χ3n) is 3.37. The highest BCUT2D eigenvalue weighted by Crippen LogP contribution is 2.16. The van der Waals surface area contributed by atoms with Crippen LogP contribution in [0.4, 0.5) is 0 Å². The van der Waals surface area contributed by atoms with E-state index in [0.717, 1.165) is 11.3 Å². The monoisotopic (exact) mass is 292 g/mol. The molecule has 5 nitrogen and oxygen atoms in total. The van der Waals surface area contributed by atoms with E-state index >= 15 is 0 Å². The molecule has 0 N–H and O–H groups in total. The second-order valence-electron chi connectivity index (χ2n) is 4.99. The number of aromatic nitrogens is 3. The van der Waals surface area contributed by atoms with Crippen LogP contribution in [-0.4, -0.2) is 32.6 Å². The maximum atomic E-state index is 12.7. The summed E-state index contributed by atoms with van der Waals surface area (Å²) < 4.78 is 1.70. The molecule has 3 rings (SSSR count). The Morgan fingerprint density at radius 2 is 2.00 bits per heavy atom. The molecule has 2 aromatic heterocycles. The number of rotatable bonds is 4. The molecule has 1 aromatic carbocycles. The summed E-state index contributed by atoms with van der Waals surface area (Å²) in [6.07, 6.45) is 7.01. The van der Waals surface area contributed by atoms with Gasteiger partial charge in [0.05, 0.1) is 11.3 Å².